The average molecular weight is 260 g/mol. The first-order chi connectivity index (χ1) is 9.07. The second-order valence-corrected chi connectivity index (χ2v) is 4.34. The number of rotatable bonds is 3. The summed E-state index contributed by atoms with van der Waals surface area (Å²) in [6.07, 6.45) is 0.228. The number of carbonyl (C=O) groups is 2. The maximum atomic E-state index is 12.0. The molecule has 1 fully saturated rings. The van der Waals surface area contributed by atoms with Crippen molar-refractivity contribution in [3.63, 3.8) is 0 Å². The lowest BCUT2D eigenvalue weighted by molar-refractivity contribution is -0.144. The Bertz CT molecular complexity index is 556. The fraction of sp³-hybridized carbons (Fsp3) is 0.308. The summed E-state index contributed by atoms with van der Waals surface area (Å²) in [6, 6.07) is 8.02. The summed E-state index contributed by atoms with van der Waals surface area (Å²) in [7, 11) is 0. The zero-order valence-electron chi connectivity index (χ0n) is 10.0. The number of carboxylic acids is 1. The van der Waals surface area contributed by atoms with Gasteiger partial charge in [-0.05, 0) is 18.2 Å². The molecule has 1 amide bonds. The summed E-state index contributed by atoms with van der Waals surface area (Å²) in [5.41, 5.74) is -0.772. The average Bonchev–Trinajstić information content (AvgIpc) is 2.88. The molecule has 6 nitrogen and oxygen atoms in total. The third-order valence-corrected chi connectivity index (χ3v) is 3.04. The predicted octanol–water partition coefficient (Wildman–Crippen LogP) is 0.532. The van der Waals surface area contributed by atoms with Gasteiger partial charge >= 0.3 is 5.97 Å². The van der Waals surface area contributed by atoms with Crippen molar-refractivity contribution in [3.05, 3.63) is 35.4 Å². The maximum absolute atomic E-state index is 12.0. The maximum Gasteiger partial charge on any atom is 0.331 e. The van der Waals surface area contributed by atoms with Crippen molar-refractivity contribution in [2.75, 3.05) is 13.2 Å². The minimum atomic E-state index is -1.38. The standard InChI is InChI=1S/C13H12N2O4/c14-7-9-2-1-3-10(6-9)11(16)15-13(12(17)18)4-5-19-8-13/h1-3,6H,4-5,8H2,(H,15,16)(H,17,18). The first kappa shape index (κ1) is 13.1. The Kier molecular flexibility index (Phi) is 3.49. The normalized spacial score (nSPS) is 21.6. The van der Waals surface area contributed by atoms with Crippen molar-refractivity contribution in [2.24, 2.45) is 0 Å². The second kappa shape index (κ2) is 5.08. The van der Waals surface area contributed by atoms with E-state index in [4.69, 9.17) is 10.00 Å². The molecule has 1 atom stereocenters. The molecule has 0 spiro atoms. The Hall–Kier alpha value is -2.39. The Morgan fingerprint density at radius 2 is 2.26 bits per heavy atom. The van der Waals surface area contributed by atoms with Gasteiger partial charge in [-0.25, -0.2) is 4.79 Å². The fourth-order valence-electron chi connectivity index (χ4n) is 1.91. The van der Waals surface area contributed by atoms with Crippen LogP contribution in [-0.4, -0.2) is 35.7 Å². The van der Waals surface area contributed by atoms with E-state index in [0.29, 0.717) is 12.2 Å². The van der Waals surface area contributed by atoms with Gasteiger partial charge in [-0.3, -0.25) is 4.79 Å². The minimum absolute atomic E-state index is 0.0496. The zero-order chi connectivity index (χ0) is 13.9. The Labute approximate surface area is 109 Å². The number of nitrogens with zero attached hydrogens (tertiary/aromatic N) is 1. The molecule has 0 radical (unpaired) electrons. The molecule has 6 heteroatoms. The predicted molar refractivity (Wildman–Crippen MR) is 64.4 cm³/mol. The van der Waals surface area contributed by atoms with E-state index in [2.05, 4.69) is 5.32 Å². The molecule has 19 heavy (non-hydrogen) atoms. The number of hydrogen-bond donors (Lipinski definition) is 2. The van der Waals surface area contributed by atoms with Crippen LogP contribution >= 0.6 is 0 Å². The largest absolute Gasteiger partial charge is 0.479 e. The van der Waals surface area contributed by atoms with E-state index in [1.54, 1.807) is 12.1 Å². The quantitative estimate of drug-likeness (QED) is 0.825. The SMILES string of the molecule is N#Cc1cccc(C(=O)NC2(C(=O)O)CCOC2)c1. The van der Waals surface area contributed by atoms with Gasteiger partial charge < -0.3 is 15.2 Å². The molecule has 1 heterocycles. The van der Waals surface area contributed by atoms with Gasteiger partial charge in [0, 0.05) is 18.6 Å². The van der Waals surface area contributed by atoms with Crippen LogP contribution in [0.5, 0.6) is 0 Å². The van der Waals surface area contributed by atoms with Crippen LogP contribution in [0.3, 0.4) is 0 Å². The number of carbonyl (C=O) groups excluding carboxylic acids is 1. The molecule has 1 saturated heterocycles. The van der Waals surface area contributed by atoms with Gasteiger partial charge in [0.05, 0.1) is 18.2 Å². The van der Waals surface area contributed by atoms with Crippen molar-refractivity contribution in [2.45, 2.75) is 12.0 Å². The fourth-order valence-corrected chi connectivity index (χ4v) is 1.91. The summed E-state index contributed by atoms with van der Waals surface area (Å²) in [5.74, 6) is -1.64. The number of ether oxygens (including phenoxy) is 1. The number of nitriles is 1. The lowest BCUT2D eigenvalue weighted by atomic mass is 9.98. The number of aliphatic carboxylic acids is 1. The van der Waals surface area contributed by atoms with Crippen molar-refractivity contribution in [1.29, 1.82) is 5.26 Å². The van der Waals surface area contributed by atoms with E-state index in [9.17, 15) is 14.7 Å². The van der Waals surface area contributed by atoms with E-state index in [1.807, 2.05) is 6.07 Å². The Morgan fingerprint density at radius 1 is 1.47 bits per heavy atom. The molecule has 2 rings (SSSR count). The number of hydrogen-bond acceptors (Lipinski definition) is 4. The minimum Gasteiger partial charge on any atom is -0.479 e. The molecule has 2 N–H and O–H groups in total. The molecule has 1 aromatic rings. The van der Waals surface area contributed by atoms with Crippen LogP contribution in [0.4, 0.5) is 0 Å². The molecule has 0 aromatic heterocycles. The lowest BCUT2D eigenvalue weighted by Crippen LogP contribution is -2.55. The summed E-state index contributed by atoms with van der Waals surface area (Å²) in [6.45, 7) is 0.247. The summed E-state index contributed by atoms with van der Waals surface area (Å²) in [4.78, 5) is 23.3. The van der Waals surface area contributed by atoms with Gasteiger partial charge in [0.1, 0.15) is 0 Å². The second-order valence-electron chi connectivity index (χ2n) is 4.34. The number of carboxylic acid groups (broad SMARTS) is 1. The van der Waals surface area contributed by atoms with Gasteiger partial charge in [0.2, 0.25) is 0 Å². The van der Waals surface area contributed by atoms with Gasteiger partial charge in [0.25, 0.3) is 5.91 Å². The summed E-state index contributed by atoms with van der Waals surface area (Å²) in [5, 5.41) is 20.5. The molecule has 0 aliphatic carbocycles. The number of amides is 1. The van der Waals surface area contributed by atoms with Crippen molar-refractivity contribution in [1.82, 2.24) is 5.32 Å². The summed E-state index contributed by atoms with van der Waals surface area (Å²) >= 11 is 0. The first-order valence-electron chi connectivity index (χ1n) is 5.71. The van der Waals surface area contributed by atoms with Gasteiger partial charge in [-0.2, -0.15) is 5.26 Å². The Balaban J connectivity index is 2.20. The van der Waals surface area contributed by atoms with Crippen LogP contribution in [0.15, 0.2) is 24.3 Å². The highest BCUT2D eigenvalue weighted by Gasteiger charge is 2.44. The van der Waals surface area contributed by atoms with Gasteiger partial charge in [0.15, 0.2) is 5.54 Å². The number of nitrogens with one attached hydrogen (secondary N) is 1. The van der Waals surface area contributed by atoms with Crippen LogP contribution in [-0.2, 0) is 9.53 Å². The summed E-state index contributed by atoms with van der Waals surface area (Å²) < 4.78 is 5.06. The molecule has 0 bridgehead atoms. The Morgan fingerprint density at radius 3 is 2.84 bits per heavy atom. The van der Waals surface area contributed by atoms with Crippen LogP contribution in [0.2, 0.25) is 0 Å². The van der Waals surface area contributed by atoms with Crippen LogP contribution in [0.25, 0.3) is 0 Å². The van der Waals surface area contributed by atoms with Gasteiger partial charge in [-0.15, -0.1) is 0 Å². The topological polar surface area (TPSA) is 99.4 Å². The molecule has 1 aliphatic heterocycles. The van der Waals surface area contributed by atoms with Crippen LogP contribution < -0.4 is 5.32 Å². The molecule has 98 valence electrons. The van der Waals surface area contributed by atoms with E-state index >= 15 is 0 Å². The monoisotopic (exact) mass is 260 g/mol. The molecule has 1 unspecified atom stereocenters. The molecular formula is C13H12N2O4. The number of benzene rings is 1. The van der Waals surface area contributed by atoms with Crippen LogP contribution in [0.1, 0.15) is 22.3 Å². The molecular weight excluding hydrogens is 248 g/mol. The van der Waals surface area contributed by atoms with E-state index < -0.39 is 17.4 Å². The molecule has 1 aliphatic rings. The van der Waals surface area contributed by atoms with E-state index in [1.165, 1.54) is 12.1 Å². The zero-order valence-corrected chi connectivity index (χ0v) is 10.0. The van der Waals surface area contributed by atoms with Crippen molar-refractivity contribution < 1.29 is 19.4 Å². The van der Waals surface area contributed by atoms with E-state index in [-0.39, 0.29) is 18.6 Å². The van der Waals surface area contributed by atoms with E-state index in [0.717, 1.165) is 0 Å². The van der Waals surface area contributed by atoms with Gasteiger partial charge in [-0.1, -0.05) is 6.07 Å². The third-order valence-electron chi connectivity index (χ3n) is 3.04. The highest BCUT2D eigenvalue weighted by atomic mass is 16.5. The highest BCUT2D eigenvalue weighted by Crippen LogP contribution is 2.20. The van der Waals surface area contributed by atoms with Crippen LogP contribution in [0, 0.1) is 11.3 Å². The first-order valence-corrected chi connectivity index (χ1v) is 5.71. The lowest BCUT2D eigenvalue weighted by Gasteiger charge is -2.23. The third kappa shape index (κ3) is 2.56. The van der Waals surface area contributed by atoms with Crippen molar-refractivity contribution >= 4 is 11.9 Å². The smallest absolute Gasteiger partial charge is 0.331 e. The molecule has 0 saturated carbocycles. The molecule has 1 aromatic carbocycles. The van der Waals surface area contributed by atoms with Crippen molar-refractivity contribution in [3.8, 4) is 6.07 Å². The highest BCUT2D eigenvalue weighted by molar-refractivity contribution is 5.98.